The van der Waals surface area contributed by atoms with E-state index in [1.165, 1.54) is 0 Å². The van der Waals surface area contributed by atoms with E-state index < -0.39 is 0 Å². The highest BCUT2D eigenvalue weighted by molar-refractivity contribution is 6.29. The molecular formula is C14H10ClN5. The maximum absolute atomic E-state index is 5.66. The van der Waals surface area contributed by atoms with Crippen LogP contribution in [0.1, 0.15) is 5.56 Å². The van der Waals surface area contributed by atoms with E-state index in [9.17, 15) is 0 Å². The second-order valence-corrected chi connectivity index (χ2v) is 4.42. The topological polar surface area (TPSA) is 63.1 Å². The quantitative estimate of drug-likeness (QED) is 0.592. The van der Waals surface area contributed by atoms with Crippen molar-refractivity contribution in [3.63, 3.8) is 0 Å². The first-order valence-corrected chi connectivity index (χ1v) is 6.33. The number of benzene rings is 1. The van der Waals surface area contributed by atoms with Gasteiger partial charge in [-0.1, -0.05) is 29.8 Å². The van der Waals surface area contributed by atoms with E-state index in [2.05, 4.69) is 25.7 Å². The molecule has 0 radical (unpaired) electrons. The maximum Gasteiger partial charge on any atom is 0.168 e. The summed E-state index contributed by atoms with van der Waals surface area (Å²) < 4.78 is 0. The molecule has 20 heavy (non-hydrogen) atoms. The average Bonchev–Trinajstić information content (AvgIpc) is 2.49. The van der Waals surface area contributed by atoms with Crippen LogP contribution in [0, 0.1) is 0 Å². The minimum Gasteiger partial charge on any atom is -0.260 e. The summed E-state index contributed by atoms with van der Waals surface area (Å²) >= 11 is 5.66. The monoisotopic (exact) mass is 283 g/mol. The first kappa shape index (κ1) is 12.5. The molecule has 0 aliphatic heterocycles. The van der Waals surface area contributed by atoms with E-state index in [1.54, 1.807) is 24.5 Å². The summed E-state index contributed by atoms with van der Waals surface area (Å²) in [7, 11) is 0. The fraction of sp³-hybridized carbons (Fsp3) is 0. The molecule has 0 aliphatic rings. The molecule has 1 N–H and O–H groups in total. The fourth-order valence-corrected chi connectivity index (χ4v) is 1.87. The molecule has 5 nitrogen and oxygen atoms in total. The normalized spacial score (nSPS) is 11.1. The molecule has 0 aliphatic carbocycles. The summed E-state index contributed by atoms with van der Waals surface area (Å²) in [4.78, 5) is 4.30. The number of anilines is 1. The molecule has 0 bridgehead atoms. The summed E-state index contributed by atoms with van der Waals surface area (Å²) in [5, 5.41) is 13.1. The Kier molecular flexibility index (Phi) is 3.52. The van der Waals surface area contributed by atoms with Crippen LogP contribution in [0.5, 0.6) is 0 Å². The lowest BCUT2D eigenvalue weighted by atomic mass is 10.1. The van der Waals surface area contributed by atoms with Gasteiger partial charge < -0.3 is 0 Å². The second-order valence-electron chi connectivity index (χ2n) is 4.03. The summed E-state index contributed by atoms with van der Waals surface area (Å²) in [5.41, 5.74) is 4.71. The largest absolute Gasteiger partial charge is 0.260 e. The van der Waals surface area contributed by atoms with Crippen LogP contribution in [0.2, 0.25) is 5.15 Å². The van der Waals surface area contributed by atoms with Crippen LogP contribution in [0.4, 0.5) is 5.82 Å². The molecule has 0 spiro atoms. The fourth-order valence-electron chi connectivity index (χ4n) is 1.77. The molecule has 2 heterocycles. The third kappa shape index (κ3) is 2.73. The van der Waals surface area contributed by atoms with E-state index >= 15 is 0 Å². The van der Waals surface area contributed by atoms with Crippen molar-refractivity contribution in [1.82, 2.24) is 15.2 Å². The minimum atomic E-state index is 0.347. The number of hydrogen-bond donors (Lipinski definition) is 1. The van der Waals surface area contributed by atoms with Crippen molar-refractivity contribution in [2.45, 2.75) is 0 Å². The molecule has 0 saturated heterocycles. The molecule has 98 valence electrons. The zero-order chi connectivity index (χ0) is 13.8. The Morgan fingerprint density at radius 1 is 1.05 bits per heavy atom. The molecule has 0 unspecified atom stereocenters. The molecule has 0 atom stereocenters. The van der Waals surface area contributed by atoms with Gasteiger partial charge in [-0.25, -0.2) is 0 Å². The Hall–Kier alpha value is -2.53. The highest BCUT2D eigenvalue weighted by Gasteiger charge is 1.98. The van der Waals surface area contributed by atoms with Gasteiger partial charge in [0.1, 0.15) is 0 Å². The van der Waals surface area contributed by atoms with Gasteiger partial charge in [0, 0.05) is 17.1 Å². The molecule has 2 aromatic heterocycles. The number of fused-ring (bicyclic) bond motifs is 1. The summed E-state index contributed by atoms with van der Waals surface area (Å²) in [6.45, 7) is 0. The van der Waals surface area contributed by atoms with Gasteiger partial charge in [-0.05, 0) is 24.3 Å². The standard InChI is InChI=1S/C14H10ClN5/c15-13-5-6-14(20-18-13)19-17-9-10-7-8-16-12-4-2-1-3-11(10)12/h1-9H,(H,19,20)/b17-9-. The van der Waals surface area contributed by atoms with Gasteiger partial charge in [0.15, 0.2) is 11.0 Å². The number of nitrogens with one attached hydrogen (secondary N) is 1. The van der Waals surface area contributed by atoms with Crippen molar-refractivity contribution in [1.29, 1.82) is 0 Å². The van der Waals surface area contributed by atoms with Gasteiger partial charge in [0.05, 0.1) is 11.7 Å². The van der Waals surface area contributed by atoms with Crippen molar-refractivity contribution in [2.75, 3.05) is 5.43 Å². The van der Waals surface area contributed by atoms with Crippen LogP contribution in [0.15, 0.2) is 53.8 Å². The number of para-hydroxylation sites is 1. The lowest BCUT2D eigenvalue weighted by Gasteiger charge is -2.01. The second kappa shape index (κ2) is 5.63. The van der Waals surface area contributed by atoms with Crippen LogP contribution in [0.3, 0.4) is 0 Å². The summed E-state index contributed by atoms with van der Waals surface area (Å²) in [6, 6.07) is 13.2. The predicted molar refractivity (Wildman–Crippen MR) is 80.0 cm³/mol. The van der Waals surface area contributed by atoms with Gasteiger partial charge >= 0.3 is 0 Å². The molecule has 0 fully saturated rings. The number of aromatic nitrogens is 3. The maximum atomic E-state index is 5.66. The Morgan fingerprint density at radius 3 is 2.80 bits per heavy atom. The Bertz CT molecular complexity index is 750. The van der Waals surface area contributed by atoms with Gasteiger partial charge in [-0.15, -0.1) is 10.2 Å². The van der Waals surface area contributed by atoms with E-state index in [-0.39, 0.29) is 0 Å². The highest BCUT2D eigenvalue weighted by atomic mass is 35.5. The van der Waals surface area contributed by atoms with Crippen LogP contribution in [-0.2, 0) is 0 Å². The van der Waals surface area contributed by atoms with E-state index in [4.69, 9.17) is 11.6 Å². The molecule has 6 heteroatoms. The lowest BCUT2D eigenvalue weighted by molar-refractivity contribution is 1.02. The number of hydrogen-bond acceptors (Lipinski definition) is 5. The van der Waals surface area contributed by atoms with Gasteiger partial charge in [0.2, 0.25) is 0 Å². The van der Waals surface area contributed by atoms with E-state index in [0.717, 1.165) is 16.5 Å². The SMILES string of the molecule is Clc1ccc(N/N=C\c2ccnc3ccccc23)nn1. The number of rotatable bonds is 3. The minimum absolute atomic E-state index is 0.347. The van der Waals surface area contributed by atoms with Crippen molar-refractivity contribution in [2.24, 2.45) is 5.10 Å². The van der Waals surface area contributed by atoms with Crippen molar-refractivity contribution >= 4 is 34.5 Å². The highest BCUT2D eigenvalue weighted by Crippen LogP contribution is 2.14. The Morgan fingerprint density at radius 2 is 1.95 bits per heavy atom. The van der Waals surface area contributed by atoms with E-state index in [1.807, 2.05) is 30.3 Å². The summed E-state index contributed by atoms with van der Waals surface area (Å²) in [6.07, 6.45) is 3.48. The van der Waals surface area contributed by atoms with Crippen molar-refractivity contribution < 1.29 is 0 Å². The molecular weight excluding hydrogens is 274 g/mol. The zero-order valence-electron chi connectivity index (χ0n) is 10.4. The van der Waals surface area contributed by atoms with Crippen LogP contribution < -0.4 is 5.43 Å². The van der Waals surface area contributed by atoms with Crippen molar-refractivity contribution in [3.8, 4) is 0 Å². The number of hydrazone groups is 1. The lowest BCUT2D eigenvalue weighted by Crippen LogP contribution is -1.95. The van der Waals surface area contributed by atoms with Gasteiger partial charge in [-0.2, -0.15) is 5.10 Å². The average molecular weight is 284 g/mol. The van der Waals surface area contributed by atoms with Crippen molar-refractivity contribution in [3.05, 3.63) is 59.4 Å². The molecule has 0 amide bonds. The number of pyridine rings is 1. The van der Waals surface area contributed by atoms with E-state index in [0.29, 0.717) is 11.0 Å². The zero-order valence-corrected chi connectivity index (χ0v) is 11.1. The third-order valence-electron chi connectivity index (χ3n) is 2.70. The smallest absolute Gasteiger partial charge is 0.168 e. The molecule has 1 aromatic carbocycles. The first-order chi connectivity index (χ1) is 9.83. The van der Waals surface area contributed by atoms with Gasteiger partial charge in [-0.3, -0.25) is 10.4 Å². The Balaban J connectivity index is 1.82. The third-order valence-corrected chi connectivity index (χ3v) is 2.90. The van der Waals surface area contributed by atoms with Crippen LogP contribution in [-0.4, -0.2) is 21.4 Å². The first-order valence-electron chi connectivity index (χ1n) is 5.95. The van der Waals surface area contributed by atoms with Gasteiger partial charge in [0.25, 0.3) is 0 Å². The van der Waals surface area contributed by atoms with Crippen LogP contribution >= 0.6 is 11.6 Å². The molecule has 3 rings (SSSR count). The van der Waals surface area contributed by atoms with Crippen LogP contribution in [0.25, 0.3) is 10.9 Å². The molecule has 0 saturated carbocycles. The number of halogens is 1. The number of nitrogens with zero attached hydrogens (tertiary/aromatic N) is 4. The summed E-state index contributed by atoms with van der Waals surface area (Å²) in [5.74, 6) is 0.531. The molecule has 3 aromatic rings. The Labute approximate surface area is 120 Å². The predicted octanol–water partition coefficient (Wildman–Crippen LogP) is 3.12.